The molecule has 2 atom stereocenters. The second kappa shape index (κ2) is 15.4. The molecule has 0 bridgehead atoms. The van der Waals surface area contributed by atoms with Crippen molar-refractivity contribution in [2.24, 2.45) is 23.7 Å². The van der Waals surface area contributed by atoms with E-state index in [9.17, 15) is 4.39 Å². The lowest BCUT2D eigenvalue weighted by Crippen LogP contribution is -2.23. The van der Waals surface area contributed by atoms with E-state index >= 15 is 4.39 Å². The second-order valence-corrected chi connectivity index (χ2v) is 12.6. The van der Waals surface area contributed by atoms with Crippen LogP contribution in [0.2, 0.25) is 0 Å². The van der Waals surface area contributed by atoms with E-state index in [1.54, 1.807) is 12.1 Å². The third kappa shape index (κ3) is 8.54. The number of hydrogen-bond donors (Lipinski definition) is 0. The molecule has 3 aliphatic rings. The van der Waals surface area contributed by atoms with Gasteiger partial charge in [-0.25, -0.2) is 4.39 Å². The summed E-state index contributed by atoms with van der Waals surface area (Å²) in [6.45, 7) is 5.84. The van der Waals surface area contributed by atoms with E-state index in [0.717, 1.165) is 44.1 Å². The van der Waals surface area contributed by atoms with Crippen LogP contribution in [0.4, 0.5) is 8.78 Å². The fourth-order valence-corrected chi connectivity index (χ4v) is 7.07. The van der Waals surface area contributed by atoms with Gasteiger partial charge in [-0.05, 0) is 73.8 Å². The third-order valence-corrected chi connectivity index (χ3v) is 9.66. The fourth-order valence-electron chi connectivity index (χ4n) is 7.07. The smallest absolute Gasteiger partial charge is 0.200 e. The van der Waals surface area contributed by atoms with Crippen molar-refractivity contribution in [3.05, 3.63) is 41.5 Å². The number of rotatable bonds is 13. The highest BCUT2D eigenvalue weighted by molar-refractivity contribution is 5.35. The lowest BCUT2D eigenvalue weighted by Gasteiger charge is -2.30. The van der Waals surface area contributed by atoms with E-state index < -0.39 is 11.6 Å². The van der Waals surface area contributed by atoms with Crippen LogP contribution in [0.1, 0.15) is 128 Å². The Hall–Kier alpha value is -1.42. The monoisotopic (exact) mass is 530 g/mol. The first-order chi connectivity index (χ1) is 18.6. The summed E-state index contributed by atoms with van der Waals surface area (Å²) in [6, 6.07) is 3.36. The first kappa shape index (κ1) is 29.6. The van der Waals surface area contributed by atoms with Crippen LogP contribution in [0.15, 0.2) is 24.3 Å². The van der Waals surface area contributed by atoms with Gasteiger partial charge in [-0.15, -0.1) is 0 Å². The first-order valence-corrected chi connectivity index (χ1v) is 16.0. The number of ether oxygens (including phenoxy) is 2. The molecule has 0 amide bonds. The Morgan fingerprint density at radius 2 is 1.32 bits per heavy atom. The largest absolute Gasteiger partial charge is 0.490 e. The van der Waals surface area contributed by atoms with Gasteiger partial charge in [0.1, 0.15) is 0 Å². The Labute approximate surface area is 231 Å². The molecule has 38 heavy (non-hydrogen) atoms. The Balaban J connectivity index is 1.20. The van der Waals surface area contributed by atoms with Crippen molar-refractivity contribution in [1.82, 2.24) is 0 Å². The van der Waals surface area contributed by atoms with Gasteiger partial charge < -0.3 is 9.47 Å². The average Bonchev–Trinajstić information content (AvgIpc) is 2.95. The summed E-state index contributed by atoms with van der Waals surface area (Å²) in [7, 11) is 0. The lowest BCUT2D eigenvalue weighted by molar-refractivity contribution is 0.0332. The number of hydrogen-bond acceptors (Lipinski definition) is 2. The van der Waals surface area contributed by atoms with Gasteiger partial charge in [0.15, 0.2) is 11.6 Å². The van der Waals surface area contributed by atoms with Gasteiger partial charge in [0.25, 0.3) is 0 Å². The highest BCUT2D eigenvalue weighted by Crippen LogP contribution is 2.37. The zero-order valence-corrected chi connectivity index (χ0v) is 24.1. The van der Waals surface area contributed by atoms with Crippen LogP contribution < -0.4 is 4.74 Å². The van der Waals surface area contributed by atoms with E-state index in [0.29, 0.717) is 24.0 Å². The molecule has 0 radical (unpaired) electrons. The Bertz CT molecular complexity index is 852. The van der Waals surface area contributed by atoms with Crippen molar-refractivity contribution in [3.8, 4) is 5.75 Å². The lowest BCUT2D eigenvalue weighted by atomic mass is 9.80. The zero-order chi connectivity index (χ0) is 26.7. The highest BCUT2D eigenvalue weighted by atomic mass is 19.2. The van der Waals surface area contributed by atoms with Crippen molar-refractivity contribution in [2.75, 3.05) is 13.2 Å². The maximum absolute atomic E-state index is 15.1. The van der Waals surface area contributed by atoms with Crippen LogP contribution in [-0.2, 0) is 4.74 Å². The molecular formula is C34H52F2O2. The topological polar surface area (TPSA) is 18.5 Å². The summed E-state index contributed by atoms with van der Waals surface area (Å²) in [5.74, 6) is 1.25. The molecule has 3 aliphatic carbocycles. The van der Waals surface area contributed by atoms with Crippen LogP contribution in [0, 0.1) is 35.3 Å². The molecule has 1 aromatic rings. The molecule has 4 rings (SSSR count). The maximum Gasteiger partial charge on any atom is 0.200 e. The van der Waals surface area contributed by atoms with Gasteiger partial charge in [0.05, 0.1) is 19.3 Å². The molecule has 0 aliphatic heterocycles. The predicted molar refractivity (Wildman–Crippen MR) is 153 cm³/mol. The first-order valence-electron chi connectivity index (χ1n) is 16.0. The quantitative estimate of drug-likeness (QED) is 0.187. The van der Waals surface area contributed by atoms with Gasteiger partial charge in [0, 0.05) is 5.92 Å². The third-order valence-electron chi connectivity index (χ3n) is 9.66. The van der Waals surface area contributed by atoms with Crippen LogP contribution in [0.5, 0.6) is 5.75 Å². The van der Waals surface area contributed by atoms with E-state index in [1.165, 1.54) is 77.0 Å². The normalized spacial score (nSPS) is 29.9. The van der Waals surface area contributed by atoms with E-state index in [1.807, 2.05) is 6.08 Å². The molecule has 214 valence electrons. The van der Waals surface area contributed by atoms with Crippen LogP contribution in [0.25, 0.3) is 0 Å². The summed E-state index contributed by atoms with van der Waals surface area (Å²) in [5, 5.41) is 0. The van der Waals surface area contributed by atoms with Gasteiger partial charge in [-0.1, -0.05) is 96.3 Å². The number of halogens is 2. The molecule has 2 saturated carbocycles. The van der Waals surface area contributed by atoms with Gasteiger partial charge in [-0.3, -0.25) is 0 Å². The molecule has 0 spiro atoms. The molecular weight excluding hydrogens is 478 g/mol. The van der Waals surface area contributed by atoms with E-state index in [2.05, 4.69) is 19.9 Å². The van der Waals surface area contributed by atoms with Crippen LogP contribution in [-0.4, -0.2) is 19.3 Å². The minimum Gasteiger partial charge on any atom is -0.490 e. The van der Waals surface area contributed by atoms with Gasteiger partial charge in [0.2, 0.25) is 5.82 Å². The second-order valence-electron chi connectivity index (χ2n) is 12.6. The van der Waals surface area contributed by atoms with Gasteiger partial charge >= 0.3 is 0 Å². The summed E-state index contributed by atoms with van der Waals surface area (Å²) >= 11 is 0. The predicted octanol–water partition coefficient (Wildman–Crippen LogP) is 10.2. The highest BCUT2D eigenvalue weighted by Gasteiger charge is 2.26. The standard InChI is InChI=1S/C34H52F2O2/c1-3-5-6-8-26-11-15-28(16-12-26)24-38-32-22-21-31(33(35)34(32)36)29-17-19-30(20-18-29)37-23-27-13-9-25(7-4-2)10-14-27/h17,19,21-22,25-30H,3-16,18,20,23-24H2,1-2H3. The molecule has 2 fully saturated rings. The molecule has 0 saturated heterocycles. The molecule has 2 nitrogen and oxygen atoms in total. The van der Waals surface area contributed by atoms with E-state index in [4.69, 9.17) is 9.47 Å². The van der Waals surface area contributed by atoms with Crippen LogP contribution in [0.3, 0.4) is 0 Å². The van der Waals surface area contributed by atoms with E-state index in [-0.39, 0.29) is 17.8 Å². The Kier molecular flexibility index (Phi) is 12.0. The summed E-state index contributed by atoms with van der Waals surface area (Å²) in [6.07, 6.45) is 23.7. The summed E-state index contributed by atoms with van der Waals surface area (Å²) in [5.41, 5.74) is 0.436. The van der Waals surface area contributed by atoms with Crippen molar-refractivity contribution >= 4 is 0 Å². The number of benzene rings is 1. The summed E-state index contributed by atoms with van der Waals surface area (Å²) in [4.78, 5) is 0. The molecule has 4 heteroatoms. The minimum atomic E-state index is -0.832. The number of allylic oxidation sites excluding steroid dienone is 1. The average molecular weight is 531 g/mol. The van der Waals surface area contributed by atoms with Crippen molar-refractivity contribution < 1.29 is 18.3 Å². The number of unbranched alkanes of at least 4 members (excludes halogenated alkanes) is 2. The van der Waals surface area contributed by atoms with Crippen molar-refractivity contribution in [2.45, 2.75) is 129 Å². The maximum atomic E-state index is 15.1. The fraction of sp³-hybridized carbons (Fsp3) is 0.765. The molecule has 1 aromatic carbocycles. The molecule has 2 unspecified atom stereocenters. The van der Waals surface area contributed by atoms with Crippen molar-refractivity contribution in [1.29, 1.82) is 0 Å². The van der Waals surface area contributed by atoms with Gasteiger partial charge in [-0.2, -0.15) is 4.39 Å². The minimum absolute atomic E-state index is 0.0611. The van der Waals surface area contributed by atoms with Crippen molar-refractivity contribution in [3.63, 3.8) is 0 Å². The SMILES string of the molecule is CCCCCC1CCC(COc2ccc(C3C=CC(OCC4CCC(CCC)CC4)CC3)c(F)c2F)CC1. The van der Waals surface area contributed by atoms with Crippen LogP contribution >= 0.6 is 0 Å². The summed E-state index contributed by atoms with van der Waals surface area (Å²) < 4.78 is 42.0. The Morgan fingerprint density at radius 1 is 0.658 bits per heavy atom. The molecule has 0 N–H and O–H groups in total. The molecule has 0 aromatic heterocycles. The zero-order valence-electron chi connectivity index (χ0n) is 24.1. The molecule has 0 heterocycles. The Morgan fingerprint density at radius 3 is 1.95 bits per heavy atom.